The first-order valence-corrected chi connectivity index (χ1v) is 5.63. The van der Waals surface area contributed by atoms with E-state index >= 15 is 0 Å². The van der Waals surface area contributed by atoms with Gasteiger partial charge in [-0.1, -0.05) is 20.8 Å². The first kappa shape index (κ1) is 10.9. The number of H-pyrrole nitrogens is 1. The summed E-state index contributed by atoms with van der Waals surface area (Å²) < 4.78 is 0. The fraction of sp³-hybridized carbons (Fsp3) is 0.385. The molecule has 0 aliphatic carbocycles. The maximum Gasteiger partial charge on any atom is 0.251 e. The number of aryl methyl sites for hydroxylation is 1. The Balaban J connectivity index is 2.67. The molecule has 0 bridgehead atoms. The molecule has 1 N–H and O–H groups in total. The third-order valence-corrected chi connectivity index (χ3v) is 2.84. The Morgan fingerprint density at radius 1 is 1.38 bits per heavy atom. The molecule has 0 radical (unpaired) electrons. The summed E-state index contributed by atoms with van der Waals surface area (Å²) in [5.74, 6) is 0.422. The smallest absolute Gasteiger partial charge is 0.251 e. The van der Waals surface area contributed by atoms with Crippen molar-refractivity contribution < 1.29 is 0 Å². The van der Waals surface area contributed by atoms with Gasteiger partial charge in [0.2, 0.25) is 0 Å². The molecule has 0 unspecified atom stereocenters. The van der Waals surface area contributed by atoms with Gasteiger partial charge in [0.1, 0.15) is 0 Å². The minimum absolute atomic E-state index is 0.00212. The predicted octanol–water partition coefficient (Wildman–Crippen LogP) is 2.61. The molecule has 0 aromatic carbocycles. The topological polar surface area (TPSA) is 45.8 Å². The van der Waals surface area contributed by atoms with Crippen LogP contribution in [0.15, 0.2) is 23.1 Å². The van der Waals surface area contributed by atoms with Crippen LogP contribution in [0.4, 0.5) is 0 Å². The largest absolute Gasteiger partial charge is 0.320 e. The van der Waals surface area contributed by atoms with E-state index in [1.807, 2.05) is 25.3 Å². The van der Waals surface area contributed by atoms with E-state index in [0.29, 0.717) is 5.92 Å². The van der Waals surface area contributed by atoms with Crippen molar-refractivity contribution in [2.45, 2.75) is 33.1 Å². The molecule has 0 fully saturated rings. The molecule has 0 aliphatic rings. The highest BCUT2D eigenvalue weighted by molar-refractivity contribution is 5.75. The fourth-order valence-electron chi connectivity index (χ4n) is 1.72. The zero-order valence-corrected chi connectivity index (χ0v) is 9.87. The number of fused-ring (bicyclic) bond motifs is 1. The van der Waals surface area contributed by atoms with Crippen LogP contribution in [0.1, 0.15) is 37.8 Å². The first-order valence-electron chi connectivity index (χ1n) is 5.63. The lowest BCUT2D eigenvalue weighted by Crippen LogP contribution is -2.11. The van der Waals surface area contributed by atoms with Crippen LogP contribution in [0.3, 0.4) is 0 Å². The Labute approximate surface area is 94.5 Å². The van der Waals surface area contributed by atoms with E-state index in [-0.39, 0.29) is 5.56 Å². The van der Waals surface area contributed by atoms with Gasteiger partial charge in [-0.25, -0.2) is 0 Å². The SMILES string of the molecule is CCc1cc2ncc(C(C)C)cc2[nH]c1=O. The molecule has 2 rings (SSSR count). The second kappa shape index (κ2) is 4.08. The molecule has 0 spiro atoms. The van der Waals surface area contributed by atoms with Crippen LogP contribution >= 0.6 is 0 Å². The van der Waals surface area contributed by atoms with Crippen molar-refractivity contribution in [3.8, 4) is 0 Å². The van der Waals surface area contributed by atoms with E-state index in [9.17, 15) is 4.79 Å². The molecular weight excluding hydrogens is 200 g/mol. The van der Waals surface area contributed by atoms with Crippen molar-refractivity contribution in [3.63, 3.8) is 0 Å². The Kier molecular flexibility index (Phi) is 2.77. The number of aromatic amines is 1. The molecule has 2 aromatic heterocycles. The fourth-order valence-corrected chi connectivity index (χ4v) is 1.72. The Bertz CT molecular complexity index is 570. The number of rotatable bonds is 2. The van der Waals surface area contributed by atoms with E-state index in [1.165, 1.54) is 0 Å². The zero-order valence-electron chi connectivity index (χ0n) is 9.87. The minimum Gasteiger partial charge on any atom is -0.320 e. The van der Waals surface area contributed by atoms with E-state index in [0.717, 1.165) is 28.6 Å². The number of hydrogen-bond acceptors (Lipinski definition) is 2. The molecule has 0 aliphatic heterocycles. The average Bonchev–Trinajstić information content (AvgIpc) is 2.27. The van der Waals surface area contributed by atoms with E-state index in [1.54, 1.807) is 0 Å². The molecule has 0 saturated carbocycles. The lowest BCUT2D eigenvalue weighted by atomic mass is 10.0. The third-order valence-electron chi connectivity index (χ3n) is 2.84. The molecule has 2 aromatic rings. The van der Waals surface area contributed by atoms with Crippen LogP contribution in [0.5, 0.6) is 0 Å². The van der Waals surface area contributed by atoms with Gasteiger partial charge in [0.25, 0.3) is 5.56 Å². The van der Waals surface area contributed by atoms with Crippen molar-refractivity contribution in [1.29, 1.82) is 0 Å². The molecule has 84 valence electrons. The molecule has 0 saturated heterocycles. The van der Waals surface area contributed by atoms with Crippen molar-refractivity contribution in [2.75, 3.05) is 0 Å². The summed E-state index contributed by atoms with van der Waals surface area (Å²) >= 11 is 0. The van der Waals surface area contributed by atoms with Gasteiger partial charge in [0.05, 0.1) is 11.0 Å². The molecule has 3 heteroatoms. The summed E-state index contributed by atoms with van der Waals surface area (Å²) in [5.41, 5.74) is 3.62. The van der Waals surface area contributed by atoms with Gasteiger partial charge >= 0.3 is 0 Å². The maximum absolute atomic E-state index is 11.7. The Hall–Kier alpha value is -1.64. The van der Waals surface area contributed by atoms with Gasteiger partial charge in [-0.3, -0.25) is 9.78 Å². The van der Waals surface area contributed by atoms with Gasteiger partial charge in [0.15, 0.2) is 0 Å². The lowest BCUT2D eigenvalue weighted by Gasteiger charge is -2.06. The highest BCUT2D eigenvalue weighted by atomic mass is 16.1. The van der Waals surface area contributed by atoms with Crippen LogP contribution in [0, 0.1) is 0 Å². The summed E-state index contributed by atoms with van der Waals surface area (Å²) in [6.45, 7) is 6.20. The van der Waals surface area contributed by atoms with Crippen LogP contribution in [-0.4, -0.2) is 9.97 Å². The second-order valence-electron chi connectivity index (χ2n) is 4.33. The zero-order chi connectivity index (χ0) is 11.7. The number of hydrogen-bond donors (Lipinski definition) is 1. The molecule has 3 nitrogen and oxygen atoms in total. The predicted molar refractivity (Wildman–Crippen MR) is 65.8 cm³/mol. The highest BCUT2D eigenvalue weighted by Gasteiger charge is 2.05. The summed E-state index contributed by atoms with van der Waals surface area (Å²) in [5, 5.41) is 0. The molecular formula is C13H16N2O. The van der Waals surface area contributed by atoms with Crippen molar-refractivity contribution in [3.05, 3.63) is 39.8 Å². The van der Waals surface area contributed by atoms with Gasteiger partial charge in [-0.05, 0) is 30.0 Å². The number of pyridine rings is 2. The summed E-state index contributed by atoms with van der Waals surface area (Å²) in [6, 6.07) is 3.88. The van der Waals surface area contributed by atoms with Gasteiger partial charge in [-0.15, -0.1) is 0 Å². The Morgan fingerprint density at radius 3 is 2.75 bits per heavy atom. The maximum atomic E-state index is 11.7. The molecule has 2 heterocycles. The number of nitrogens with one attached hydrogen (secondary N) is 1. The second-order valence-corrected chi connectivity index (χ2v) is 4.33. The number of nitrogens with zero attached hydrogens (tertiary/aromatic N) is 1. The van der Waals surface area contributed by atoms with E-state index in [4.69, 9.17) is 0 Å². The van der Waals surface area contributed by atoms with Gasteiger partial charge in [-0.2, -0.15) is 0 Å². The van der Waals surface area contributed by atoms with Crippen LogP contribution in [0.25, 0.3) is 11.0 Å². The minimum atomic E-state index is -0.00212. The summed E-state index contributed by atoms with van der Waals surface area (Å²) in [7, 11) is 0. The summed E-state index contributed by atoms with van der Waals surface area (Å²) in [6.07, 6.45) is 2.61. The monoisotopic (exact) mass is 216 g/mol. The normalized spacial score (nSPS) is 11.2. The summed E-state index contributed by atoms with van der Waals surface area (Å²) in [4.78, 5) is 18.9. The quantitative estimate of drug-likeness (QED) is 0.838. The van der Waals surface area contributed by atoms with E-state index < -0.39 is 0 Å². The van der Waals surface area contributed by atoms with Gasteiger partial charge in [0, 0.05) is 11.8 Å². The van der Waals surface area contributed by atoms with Gasteiger partial charge < -0.3 is 4.98 Å². The average molecular weight is 216 g/mol. The third kappa shape index (κ3) is 1.85. The number of aromatic nitrogens is 2. The Morgan fingerprint density at radius 2 is 2.12 bits per heavy atom. The van der Waals surface area contributed by atoms with E-state index in [2.05, 4.69) is 23.8 Å². The van der Waals surface area contributed by atoms with Crippen molar-refractivity contribution in [1.82, 2.24) is 9.97 Å². The first-order chi connectivity index (χ1) is 7.61. The molecule has 0 amide bonds. The van der Waals surface area contributed by atoms with Crippen LogP contribution in [0.2, 0.25) is 0 Å². The highest BCUT2D eigenvalue weighted by Crippen LogP contribution is 2.17. The van der Waals surface area contributed by atoms with Crippen molar-refractivity contribution in [2.24, 2.45) is 0 Å². The molecule has 16 heavy (non-hydrogen) atoms. The lowest BCUT2D eigenvalue weighted by molar-refractivity contribution is 0.861. The van der Waals surface area contributed by atoms with Crippen LogP contribution in [-0.2, 0) is 6.42 Å². The van der Waals surface area contributed by atoms with Crippen LogP contribution < -0.4 is 5.56 Å². The molecule has 0 atom stereocenters. The standard InChI is InChI=1S/C13H16N2O/c1-4-9-5-11-12(15-13(9)16)6-10(7-14-11)8(2)3/h5-8H,4H2,1-3H3,(H,15,16). The van der Waals surface area contributed by atoms with Crippen molar-refractivity contribution >= 4 is 11.0 Å².